The van der Waals surface area contributed by atoms with Crippen molar-refractivity contribution in [3.8, 4) is 0 Å². The first-order valence-electron chi connectivity index (χ1n) is 8.94. The largest absolute Gasteiger partial charge is 0.384 e. The van der Waals surface area contributed by atoms with E-state index in [1.165, 1.54) is 19.3 Å². The van der Waals surface area contributed by atoms with Crippen molar-refractivity contribution >= 4 is 11.8 Å². The fraction of sp³-hybridized carbons (Fsp3) is 0.882. The minimum atomic E-state index is -0.445. The molecule has 0 unspecified atom stereocenters. The monoisotopic (exact) mass is 325 g/mol. The van der Waals surface area contributed by atoms with Crippen LogP contribution in [0.3, 0.4) is 0 Å². The molecule has 2 rings (SSSR count). The molecule has 23 heavy (non-hydrogen) atoms. The van der Waals surface area contributed by atoms with Crippen molar-refractivity contribution < 1.29 is 14.3 Å². The molecule has 1 aliphatic carbocycles. The standard InChI is InChI=1S/C17H31N3O3/c1-23-13-17(8-11-18-12-9-17)16(22)19-10-7-15(21)20-14-5-3-2-4-6-14/h14,18H,2-13H2,1H3,(H,19,22)(H,20,21). The highest BCUT2D eigenvalue weighted by molar-refractivity contribution is 5.84. The highest BCUT2D eigenvalue weighted by Crippen LogP contribution is 2.29. The zero-order chi connectivity index (χ0) is 16.5. The third kappa shape index (κ3) is 5.46. The molecule has 132 valence electrons. The number of ether oxygens (including phenoxy) is 1. The Morgan fingerprint density at radius 2 is 1.87 bits per heavy atom. The molecule has 2 aliphatic rings. The predicted molar refractivity (Wildman–Crippen MR) is 89.1 cm³/mol. The van der Waals surface area contributed by atoms with E-state index < -0.39 is 5.41 Å². The van der Waals surface area contributed by atoms with Crippen LogP contribution in [-0.2, 0) is 14.3 Å². The fourth-order valence-electron chi connectivity index (χ4n) is 3.64. The Kier molecular flexibility index (Phi) is 7.30. The van der Waals surface area contributed by atoms with E-state index in [0.29, 0.717) is 25.6 Å². The highest BCUT2D eigenvalue weighted by atomic mass is 16.5. The first-order chi connectivity index (χ1) is 11.2. The van der Waals surface area contributed by atoms with Crippen LogP contribution in [-0.4, -0.2) is 51.2 Å². The number of hydrogen-bond acceptors (Lipinski definition) is 4. The molecule has 0 radical (unpaired) electrons. The van der Waals surface area contributed by atoms with Crippen LogP contribution in [0.5, 0.6) is 0 Å². The molecule has 1 saturated carbocycles. The van der Waals surface area contributed by atoms with Crippen LogP contribution < -0.4 is 16.0 Å². The number of piperidine rings is 1. The fourth-order valence-corrected chi connectivity index (χ4v) is 3.64. The topological polar surface area (TPSA) is 79.5 Å². The molecular formula is C17H31N3O3. The van der Waals surface area contributed by atoms with Gasteiger partial charge in [-0.05, 0) is 38.8 Å². The number of nitrogens with one attached hydrogen (secondary N) is 3. The molecule has 1 aliphatic heterocycles. The normalized spacial score (nSPS) is 21.6. The van der Waals surface area contributed by atoms with E-state index in [2.05, 4.69) is 16.0 Å². The van der Waals surface area contributed by atoms with Gasteiger partial charge < -0.3 is 20.7 Å². The zero-order valence-electron chi connectivity index (χ0n) is 14.3. The summed E-state index contributed by atoms with van der Waals surface area (Å²) in [6.45, 7) is 2.50. The molecule has 0 aromatic heterocycles. The van der Waals surface area contributed by atoms with E-state index in [4.69, 9.17) is 4.74 Å². The average Bonchev–Trinajstić information content (AvgIpc) is 2.57. The number of carbonyl (C=O) groups is 2. The number of carbonyl (C=O) groups excluding carboxylic acids is 2. The van der Waals surface area contributed by atoms with Gasteiger partial charge in [-0.2, -0.15) is 0 Å². The van der Waals surface area contributed by atoms with Crippen molar-refractivity contribution in [2.75, 3.05) is 33.4 Å². The molecule has 6 heteroatoms. The second kappa shape index (κ2) is 9.23. The number of rotatable bonds is 7. The molecule has 1 saturated heterocycles. The van der Waals surface area contributed by atoms with Crippen LogP contribution >= 0.6 is 0 Å². The first kappa shape index (κ1) is 18.2. The van der Waals surface area contributed by atoms with Gasteiger partial charge in [-0.15, -0.1) is 0 Å². The molecule has 3 N–H and O–H groups in total. The lowest BCUT2D eigenvalue weighted by Gasteiger charge is -2.35. The molecule has 0 aromatic carbocycles. The third-order valence-corrected chi connectivity index (χ3v) is 5.07. The maximum absolute atomic E-state index is 12.5. The molecule has 0 bridgehead atoms. The van der Waals surface area contributed by atoms with Gasteiger partial charge in [-0.1, -0.05) is 19.3 Å². The summed E-state index contributed by atoms with van der Waals surface area (Å²) in [5.41, 5.74) is -0.445. The molecule has 1 heterocycles. The van der Waals surface area contributed by atoms with E-state index in [1.807, 2.05) is 0 Å². The minimum Gasteiger partial charge on any atom is -0.384 e. The maximum Gasteiger partial charge on any atom is 0.228 e. The van der Waals surface area contributed by atoms with Crippen LogP contribution in [0, 0.1) is 5.41 Å². The summed E-state index contributed by atoms with van der Waals surface area (Å²) in [4.78, 5) is 24.5. The van der Waals surface area contributed by atoms with Crippen molar-refractivity contribution in [2.24, 2.45) is 5.41 Å². The summed E-state index contributed by atoms with van der Waals surface area (Å²) in [6, 6.07) is 0.330. The van der Waals surface area contributed by atoms with Gasteiger partial charge in [0, 0.05) is 26.1 Å². The lowest BCUT2D eigenvalue weighted by molar-refractivity contribution is -0.136. The summed E-state index contributed by atoms with van der Waals surface area (Å²) < 4.78 is 5.27. The SMILES string of the molecule is COCC1(C(=O)NCCC(=O)NC2CCCCC2)CCNCC1. The smallest absolute Gasteiger partial charge is 0.228 e. The van der Waals surface area contributed by atoms with Gasteiger partial charge in [0.1, 0.15) is 0 Å². The number of hydrogen-bond donors (Lipinski definition) is 3. The quantitative estimate of drug-likeness (QED) is 0.651. The first-order valence-corrected chi connectivity index (χ1v) is 8.94. The summed E-state index contributed by atoms with van der Waals surface area (Å²) in [6.07, 6.45) is 7.76. The van der Waals surface area contributed by atoms with E-state index in [9.17, 15) is 9.59 Å². The van der Waals surface area contributed by atoms with E-state index in [-0.39, 0.29) is 11.8 Å². The minimum absolute atomic E-state index is 0.0197. The third-order valence-electron chi connectivity index (χ3n) is 5.07. The van der Waals surface area contributed by atoms with Crippen LogP contribution in [0.4, 0.5) is 0 Å². The molecule has 0 spiro atoms. The average molecular weight is 325 g/mol. The van der Waals surface area contributed by atoms with E-state index in [1.54, 1.807) is 7.11 Å². The van der Waals surface area contributed by atoms with Crippen LogP contribution in [0.15, 0.2) is 0 Å². The Balaban J connectivity index is 1.71. The Hall–Kier alpha value is -1.14. The van der Waals surface area contributed by atoms with Gasteiger partial charge in [0.25, 0.3) is 0 Å². The lowest BCUT2D eigenvalue weighted by atomic mass is 9.78. The van der Waals surface area contributed by atoms with Crippen molar-refractivity contribution in [2.45, 2.75) is 57.4 Å². The van der Waals surface area contributed by atoms with Gasteiger partial charge in [-0.25, -0.2) is 0 Å². The van der Waals surface area contributed by atoms with Crippen molar-refractivity contribution in [1.29, 1.82) is 0 Å². The molecule has 2 amide bonds. The Morgan fingerprint density at radius 3 is 2.52 bits per heavy atom. The van der Waals surface area contributed by atoms with Gasteiger partial charge in [0.2, 0.25) is 11.8 Å². The number of methoxy groups -OCH3 is 1. The van der Waals surface area contributed by atoms with Crippen molar-refractivity contribution in [3.63, 3.8) is 0 Å². The van der Waals surface area contributed by atoms with E-state index in [0.717, 1.165) is 38.8 Å². The van der Waals surface area contributed by atoms with Crippen LogP contribution in [0.25, 0.3) is 0 Å². The Morgan fingerprint density at radius 1 is 1.17 bits per heavy atom. The molecule has 6 nitrogen and oxygen atoms in total. The lowest BCUT2D eigenvalue weighted by Crippen LogP contribution is -2.50. The summed E-state index contributed by atoms with van der Waals surface area (Å²) in [7, 11) is 1.63. The summed E-state index contributed by atoms with van der Waals surface area (Å²) in [5, 5.41) is 9.29. The van der Waals surface area contributed by atoms with E-state index >= 15 is 0 Å². The van der Waals surface area contributed by atoms with Crippen molar-refractivity contribution in [1.82, 2.24) is 16.0 Å². The van der Waals surface area contributed by atoms with Gasteiger partial charge in [0.05, 0.1) is 12.0 Å². The van der Waals surface area contributed by atoms with Gasteiger partial charge in [0.15, 0.2) is 0 Å². The number of amides is 2. The second-order valence-corrected chi connectivity index (χ2v) is 6.87. The van der Waals surface area contributed by atoms with Crippen LogP contribution in [0.2, 0.25) is 0 Å². The Labute approximate surface area is 139 Å². The Bertz CT molecular complexity index is 383. The molecule has 0 atom stereocenters. The second-order valence-electron chi connectivity index (χ2n) is 6.87. The maximum atomic E-state index is 12.5. The van der Waals surface area contributed by atoms with Crippen molar-refractivity contribution in [3.05, 3.63) is 0 Å². The van der Waals surface area contributed by atoms with Gasteiger partial charge >= 0.3 is 0 Å². The summed E-state index contributed by atoms with van der Waals surface area (Å²) >= 11 is 0. The zero-order valence-corrected chi connectivity index (χ0v) is 14.3. The molecular weight excluding hydrogens is 294 g/mol. The van der Waals surface area contributed by atoms with Crippen LogP contribution in [0.1, 0.15) is 51.4 Å². The highest BCUT2D eigenvalue weighted by Gasteiger charge is 2.39. The predicted octanol–water partition coefficient (Wildman–Crippen LogP) is 0.958. The molecule has 2 fully saturated rings. The summed E-state index contributed by atoms with van der Waals surface area (Å²) in [5.74, 6) is 0.0645. The molecule has 0 aromatic rings. The van der Waals surface area contributed by atoms with Gasteiger partial charge in [-0.3, -0.25) is 9.59 Å².